The number of amides is 1. The van der Waals surface area contributed by atoms with E-state index >= 15 is 0 Å². The molecule has 4 rings (SSSR count). The lowest BCUT2D eigenvalue weighted by atomic mass is 9.98. The Morgan fingerprint density at radius 2 is 1.52 bits per heavy atom. The van der Waals surface area contributed by atoms with Crippen molar-refractivity contribution in [2.24, 2.45) is 0 Å². The highest BCUT2D eigenvalue weighted by atomic mass is 16.9. The van der Waals surface area contributed by atoms with Gasteiger partial charge < -0.3 is 33.7 Å². The van der Waals surface area contributed by atoms with Crippen LogP contribution in [0.5, 0.6) is 5.75 Å². The van der Waals surface area contributed by atoms with Gasteiger partial charge >= 0.3 is 0 Å². The second-order valence-corrected chi connectivity index (χ2v) is 9.87. The van der Waals surface area contributed by atoms with Gasteiger partial charge in [0.15, 0.2) is 24.0 Å². The minimum absolute atomic E-state index is 0.317. The van der Waals surface area contributed by atoms with Gasteiger partial charge in [-0.15, -0.1) is 0 Å². The van der Waals surface area contributed by atoms with Gasteiger partial charge in [0.1, 0.15) is 24.1 Å². The molecule has 1 aromatic carbocycles. The zero-order valence-electron chi connectivity index (χ0n) is 20.3. The van der Waals surface area contributed by atoms with E-state index in [1.807, 2.05) is 52.0 Å². The van der Waals surface area contributed by atoms with Crippen LogP contribution in [0.3, 0.4) is 0 Å². The molecule has 8 heteroatoms. The molecule has 0 aliphatic carbocycles. The molecule has 3 heterocycles. The summed E-state index contributed by atoms with van der Waals surface area (Å²) < 4.78 is 35.8. The van der Waals surface area contributed by atoms with E-state index in [1.54, 1.807) is 0 Å². The zero-order chi connectivity index (χ0) is 23.6. The number of carbonyl (C=O) groups excluding carboxylic acids is 1. The molecule has 1 aromatic rings. The number of rotatable bonds is 9. The Balaban J connectivity index is 1.35. The van der Waals surface area contributed by atoms with E-state index in [1.165, 1.54) is 25.7 Å². The third-order valence-corrected chi connectivity index (χ3v) is 6.05. The van der Waals surface area contributed by atoms with Crippen molar-refractivity contribution in [2.45, 2.75) is 109 Å². The number of ether oxygens (including phenoxy) is 6. The normalized spacial score (nSPS) is 31.6. The van der Waals surface area contributed by atoms with Crippen molar-refractivity contribution < 1.29 is 33.2 Å². The predicted octanol–water partition coefficient (Wildman–Crippen LogP) is 4.37. The lowest BCUT2D eigenvalue weighted by molar-refractivity contribution is -0.229. The van der Waals surface area contributed by atoms with Crippen LogP contribution in [0, 0.1) is 0 Å². The Hall–Kier alpha value is -1.71. The molecule has 1 amide bonds. The van der Waals surface area contributed by atoms with Crippen LogP contribution < -0.4 is 10.1 Å². The maximum absolute atomic E-state index is 13.2. The van der Waals surface area contributed by atoms with Crippen molar-refractivity contribution in [2.75, 3.05) is 11.9 Å². The standard InChI is InChI=1S/C25H37NO7/c1-6-7-8-9-10-15-28-17-13-11-16(12-14-17)26-22(27)20-18-19(31-24(2,3)30-18)21-23(29-20)33-25(4,5)32-21/h11-14,18-21,23H,6-10,15H2,1-5H3,(H,26,27). The summed E-state index contributed by atoms with van der Waals surface area (Å²) in [4.78, 5) is 13.2. The van der Waals surface area contributed by atoms with E-state index in [0.29, 0.717) is 12.3 Å². The van der Waals surface area contributed by atoms with Crippen LogP contribution in [0.15, 0.2) is 24.3 Å². The molecule has 1 N–H and O–H groups in total. The van der Waals surface area contributed by atoms with Crippen LogP contribution in [0.4, 0.5) is 5.69 Å². The van der Waals surface area contributed by atoms with Crippen molar-refractivity contribution >= 4 is 11.6 Å². The Morgan fingerprint density at radius 1 is 0.879 bits per heavy atom. The van der Waals surface area contributed by atoms with Crippen LogP contribution in [-0.4, -0.2) is 54.8 Å². The van der Waals surface area contributed by atoms with Crippen molar-refractivity contribution in [1.82, 2.24) is 0 Å². The second kappa shape index (κ2) is 9.88. The number of benzene rings is 1. The third kappa shape index (κ3) is 5.87. The quantitative estimate of drug-likeness (QED) is 0.544. The minimum atomic E-state index is -0.894. The van der Waals surface area contributed by atoms with E-state index in [0.717, 1.165) is 12.2 Å². The molecule has 3 fully saturated rings. The Kier molecular flexibility index (Phi) is 7.31. The van der Waals surface area contributed by atoms with Gasteiger partial charge in [-0.1, -0.05) is 32.6 Å². The Labute approximate surface area is 196 Å². The average molecular weight is 464 g/mol. The number of hydrogen-bond donors (Lipinski definition) is 1. The highest BCUT2D eigenvalue weighted by Gasteiger charge is 2.62. The van der Waals surface area contributed by atoms with Gasteiger partial charge in [0, 0.05) is 5.69 Å². The number of hydrogen-bond acceptors (Lipinski definition) is 7. The number of carbonyl (C=O) groups is 1. The molecule has 0 saturated carbocycles. The Bertz CT molecular complexity index is 809. The summed E-state index contributed by atoms with van der Waals surface area (Å²) in [6.07, 6.45) is 2.85. The minimum Gasteiger partial charge on any atom is -0.494 e. The maximum Gasteiger partial charge on any atom is 0.256 e. The first kappa shape index (κ1) is 24.4. The van der Waals surface area contributed by atoms with Crippen LogP contribution in [0.25, 0.3) is 0 Å². The van der Waals surface area contributed by atoms with Crippen LogP contribution >= 0.6 is 0 Å². The first-order chi connectivity index (χ1) is 15.7. The van der Waals surface area contributed by atoms with E-state index in [9.17, 15) is 4.79 Å². The van der Waals surface area contributed by atoms with Gasteiger partial charge in [-0.25, -0.2) is 0 Å². The zero-order valence-corrected chi connectivity index (χ0v) is 20.3. The summed E-state index contributed by atoms with van der Waals surface area (Å²) in [5, 5.41) is 2.92. The van der Waals surface area contributed by atoms with Crippen LogP contribution in [0.1, 0.15) is 66.7 Å². The fraction of sp³-hybridized carbons (Fsp3) is 0.720. The van der Waals surface area contributed by atoms with Gasteiger partial charge in [0.2, 0.25) is 0 Å². The number of anilines is 1. The van der Waals surface area contributed by atoms with Crippen molar-refractivity contribution in [3.05, 3.63) is 24.3 Å². The fourth-order valence-electron chi connectivity index (χ4n) is 4.57. The summed E-state index contributed by atoms with van der Waals surface area (Å²) in [5.41, 5.74) is 0.652. The van der Waals surface area contributed by atoms with E-state index in [2.05, 4.69) is 12.2 Å². The molecular formula is C25H37NO7. The Morgan fingerprint density at radius 3 is 2.24 bits per heavy atom. The molecule has 0 radical (unpaired) electrons. The molecular weight excluding hydrogens is 426 g/mol. The van der Waals surface area contributed by atoms with Crippen molar-refractivity contribution in [3.8, 4) is 5.75 Å². The summed E-state index contributed by atoms with van der Waals surface area (Å²) in [5.74, 6) is -1.21. The van der Waals surface area contributed by atoms with Crippen LogP contribution in [0.2, 0.25) is 0 Å². The molecule has 3 saturated heterocycles. The number of unbranched alkanes of at least 4 members (excludes halogenated alkanes) is 4. The molecule has 8 nitrogen and oxygen atoms in total. The summed E-state index contributed by atoms with van der Waals surface area (Å²) in [6.45, 7) is 10.2. The lowest BCUT2D eigenvalue weighted by Gasteiger charge is -2.36. The smallest absolute Gasteiger partial charge is 0.256 e. The lowest BCUT2D eigenvalue weighted by Crippen LogP contribution is -2.58. The van der Waals surface area contributed by atoms with Gasteiger partial charge in [0.05, 0.1) is 6.61 Å². The van der Waals surface area contributed by atoms with Gasteiger partial charge in [0.25, 0.3) is 5.91 Å². The van der Waals surface area contributed by atoms with Gasteiger partial charge in [-0.2, -0.15) is 0 Å². The number of nitrogens with one attached hydrogen (secondary N) is 1. The second-order valence-electron chi connectivity index (χ2n) is 9.87. The molecule has 0 aromatic heterocycles. The maximum atomic E-state index is 13.2. The van der Waals surface area contributed by atoms with Crippen molar-refractivity contribution in [1.29, 1.82) is 0 Å². The SMILES string of the molecule is CCCCCCCOc1ccc(NC(=O)C2OC3OC(C)(C)OC3C3OC(C)(C)OC23)cc1. The molecule has 0 bridgehead atoms. The monoisotopic (exact) mass is 463 g/mol. The molecule has 3 aliphatic rings. The fourth-order valence-corrected chi connectivity index (χ4v) is 4.57. The summed E-state index contributed by atoms with van der Waals surface area (Å²) in [6, 6.07) is 7.36. The molecule has 3 aliphatic heterocycles. The summed E-state index contributed by atoms with van der Waals surface area (Å²) in [7, 11) is 0. The number of fused-ring (bicyclic) bond motifs is 3. The predicted molar refractivity (Wildman–Crippen MR) is 122 cm³/mol. The molecule has 5 unspecified atom stereocenters. The van der Waals surface area contributed by atoms with Gasteiger partial charge in [-0.3, -0.25) is 4.79 Å². The molecule has 33 heavy (non-hydrogen) atoms. The highest BCUT2D eigenvalue weighted by Crippen LogP contribution is 2.44. The topological polar surface area (TPSA) is 84.5 Å². The van der Waals surface area contributed by atoms with Crippen LogP contribution in [-0.2, 0) is 28.5 Å². The largest absolute Gasteiger partial charge is 0.494 e. The van der Waals surface area contributed by atoms with E-state index < -0.39 is 42.3 Å². The highest BCUT2D eigenvalue weighted by molar-refractivity contribution is 5.94. The first-order valence-electron chi connectivity index (χ1n) is 12.1. The van der Waals surface area contributed by atoms with E-state index in [-0.39, 0.29) is 5.91 Å². The van der Waals surface area contributed by atoms with E-state index in [4.69, 9.17) is 28.4 Å². The molecule has 0 spiro atoms. The van der Waals surface area contributed by atoms with Crippen molar-refractivity contribution in [3.63, 3.8) is 0 Å². The first-order valence-corrected chi connectivity index (χ1v) is 12.1. The molecule has 184 valence electrons. The average Bonchev–Trinajstić information content (AvgIpc) is 3.24. The molecule has 5 atom stereocenters. The summed E-state index contributed by atoms with van der Waals surface area (Å²) >= 11 is 0. The third-order valence-electron chi connectivity index (χ3n) is 6.05. The van der Waals surface area contributed by atoms with Gasteiger partial charge in [-0.05, 0) is 58.4 Å².